The molecule has 0 amide bonds. The lowest BCUT2D eigenvalue weighted by Crippen LogP contribution is -1.80. The van der Waals surface area contributed by atoms with E-state index in [1.54, 1.807) is 24.3 Å². The zero-order valence-corrected chi connectivity index (χ0v) is 7.74. The highest BCUT2D eigenvalue weighted by Crippen LogP contribution is 2.20. The smallest absolute Gasteiger partial charge is 0.142 e. The number of alkyl halides is 1. The predicted molar refractivity (Wildman–Crippen MR) is 51.2 cm³/mol. The van der Waals surface area contributed by atoms with E-state index in [2.05, 4.69) is 0 Å². The van der Waals surface area contributed by atoms with Gasteiger partial charge >= 0.3 is 0 Å². The van der Waals surface area contributed by atoms with E-state index >= 15 is 0 Å². The Hall–Kier alpha value is -0.530. The maximum Gasteiger partial charge on any atom is 0.142 e. The summed E-state index contributed by atoms with van der Waals surface area (Å²) in [5.41, 5.74) is 0.650. The highest BCUT2D eigenvalue weighted by Gasteiger charge is 2.01. The Morgan fingerprint density at radius 2 is 2.17 bits per heavy atom. The third kappa shape index (κ3) is 2.23. The summed E-state index contributed by atoms with van der Waals surface area (Å²) >= 11 is 11.1. The fourth-order valence-electron chi connectivity index (χ4n) is 0.821. The topological polar surface area (TPSA) is 0 Å². The van der Waals surface area contributed by atoms with E-state index < -0.39 is 5.82 Å². The normalized spacial score (nSPS) is 10.9. The molecule has 0 atom stereocenters. The Morgan fingerprint density at radius 3 is 2.83 bits per heavy atom. The molecule has 0 unspecified atom stereocenters. The second kappa shape index (κ2) is 4.48. The fourth-order valence-corrected chi connectivity index (χ4v) is 1.10. The molecule has 0 aliphatic carbocycles. The number of halogens is 3. The lowest BCUT2D eigenvalue weighted by Gasteiger charge is -1.97. The molecule has 64 valence electrons. The van der Waals surface area contributed by atoms with Crippen LogP contribution >= 0.6 is 23.2 Å². The summed E-state index contributed by atoms with van der Waals surface area (Å²) < 4.78 is 12.8. The molecule has 1 rings (SSSR count). The van der Waals surface area contributed by atoms with E-state index in [1.807, 2.05) is 0 Å². The van der Waals surface area contributed by atoms with Gasteiger partial charge in [0.1, 0.15) is 5.82 Å². The highest BCUT2D eigenvalue weighted by molar-refractivity contribution is 6.32. The number of hydrogen-bond donors (Lipinski definition) is 0. The molecule has 1 aromatic rings. The molecule has 0 bridgehead atoms. The van der Waals surface area contributed by atoms with Gasteiger partial charge in [0.25, 0.3) is 0 Å². The van der Waals surface area contributed by atoms with Crippen LogP contribution in [0.1, 0.15) is 5.56 Å². The third-order valence-electron chi connectivity index (χ3n) is 1.37. The summed E-state index contributed by atoms with van der Waals surface area (Å²) in [5, 5.41) is 0.138. The Labute approximate surface area is 80.6 Å². The molecule has 0 saturated carbocycles. The molecule has 0 aromatic heterocycles. The lowest BCUT2D eigenvalue weighted by molar-refractivity contribution is 0.628. The van der Waals surface area contributed by atoms with Gasteiger partial charge in [-0.2, -0.15) is 0 Å². The largest absolute Gasteiger partial charge is 0.205 e. The molecule has 12 heavy (non-hydrogen) atoms. The van der Waals surface area contributed by atoms with Crippen LogP contribution in [-0.2, 0) is 0 Å². The molecule has 1 aromatic carbocycles. The zero-order chi connectivity index (χ0) is 8.97. The van der Waals surface area contributed by atoms with Gasteiger partial charge in [-0.05, 0) is 11.6 Å². The number of rotatable bonds is 2. The van der Waals surface area contributed by atoms with Crippen molar-refractivity contribution in [2.24, 2.45) is 0 Å². The van der Waals surface area contributed by atoms with Crippen LogP contribution in [0.25, 0.3) is 6.08 Å². The minimum absolute atomic E-state index is 0.138. The number of benzene rings is 1. The monoisotopic (exact) mass is 204 g/mol. The van der Waals surface area contributed by atoms with Gasteiger partial charge in [0.05, 0.1) is 5.02 Å². The van der Waals surface area contributed by atoms with Crippen LogP contribution in [0.4, 0.5) is 4.39 Å². The molecular formula is C9H7Cl2F. The first kappa shape index (κ1) is 9.56. The van der Waals surface area contributed by atoms with E-state index in [-0.39, 0.29) is 5.02 Å². The molecule has 0 aliphatic heterocycles. The van der Waals surface area contributed by atoms with E-state index in [0.29, 0.717) is 11.4 Å². The highest BCUT2D eigenvalue weighted by atomic mass is 35.5. The maximum absolute atomic E-state index is 12.8. The van der Waals surface area contributed by atoms with Crippen molar-refractivity contribution in [2.75, 3.05) is 5.88 Å². The van der Waals surface area contributed by atoms with Crippen molar-refractivity contribution in [3.63, 3.8) is 0 Å². The first-order chi connectivity index (χ1) is 5.75. The molecule has 3 heteroatoms. The lowest BCUT2D eigenvalue weighted by atomic mass is 10.2. The average molecular weight is 205 g/mol. The van der Waals surface area contributed by atoms with Gasteiger partial charge in [0, 0.05) is 5.88 Å². The van der Waals surface area contributed by atoms with E-state index in [1.165, 1.54) is 6.07 Å². The molecule has 0 aliphatic rings. The van der Waals surface area contributed by atoms with E-state index in [0.717, 1.165) is 0 Å². The Balaban J connectivity index is 3.00. The van der Waals surface area contributed by atoms with Crippen LogP contribution in [0.15, 0.2) is 24.3 Å². The van der Waals surface area contributed by atoms with E-state index in [4.69, 9.17) is 23.2 Å². The van der Waals surface area contributed by atoms with Gasteiger partial charge in [-0.15, -0.1) is 11.6 Å². The maximum atomic E-state index is 12.8. The molecule has 0 spiro atoms. The summed E-state index contributed by atoms with van der Waals surface area (Å²) in [4.78, 5) is 0. The quantitative estimate of drug-likeness (QED) is 0.645. The van der Waals surface area contributed by atoms with Crippen molar-refractivity contribution >= 4 is 29.3 Å². The van der Waals surface area contributed by atoms with Crippen molar-refractivity contribution < 1.29 is 4.39 Å². The van der Waals surface area contributed by atoms with Crippen LogP contribution in [-0.4, -0.2) is 5.88 Å². The number of hydrogen-bond acceptors (Lipinski definition) is 0. The summed E-state index contributed by atoms with van der Waals surface area (Å²) in [6.07, 6.45) is 3.40. The number of allylic oxidation sites excluding steroid dienone is 1. The minimum Gasteiger partial charge on any atom is -0.205 e. The second-order valence-corrected chi connectivity index (χ2v) is 2.89. The summed E-state index contributed by atoms with van der Waals surface area (Å²) in [6, 6.07) is 4.66. The van der Waals surface area contributed by atoms with Gasteiger partial charge in [0.15, 0.2) is 0 Å². The van der Waals surface area contributed by atoms with Crippen molar-refractivity contribution in [2.45, 2.75) is 0 Å². The third-order valence-corrected chi connectivity index (χ3v) is 1.94. The van der Waals surface area contributed by atoms with E-state index in [9.17, 15) is 4.39 Å². The first-order valence-electron chi connectivity index (χ1n) is 3.42. The van der Waals surface area contributed by atoms with Gasteiger partial charge in [-0.25, -0.2) is 4.39 Å². The SMILES string of the molecule is Fc1cccc(C=CCCl)c1Cl. The molecule has 0 nitrogen and oxygen atoms in total. The molecule has 0 saturated heterocycles. The molecule has 0 radical (unpaired) electrons. The zero-order valence-electron chi connectivity index (χ0n) is 6.23. The summed E-state index contributed by atoms with van der Waals surface area (Å²) in [7, 11) is 0. The standard InChI is InChI=1S/C9H7Cl2F/c10-6-2-4-7-3-1-5-8(12)9(7)11/h1-5H,6H2. The summed E-state index contributed by atoms with van der Waals surface area (Å²) in [5.74, 6) is -0.0132. The first-order valence-corrected chi connectivity index (χ1v) is 4.33. The van der Waals surface area contributed by atoms with Crippen molar-refractivity contribution in [1.82, 2.24) is 0 Å². The second-order valence-electron chi connectivity index (χ2n) is 2.20. The van der Waals surface area contributed by atoms with Crippen molar-refractivity contribution in [3.05, 3.63) is 40.7 Å². The van der Waals surface area contributed by atoms with Crippen LogP contribution in [0, 0.1) is 5.82 Å². The molecule has 0 heterocycles. The van der Waals surface area contributed by atoms with Crippen LogP contribution in [0.3, 0.4) is 0 Å². The van der Waals surface area contributed by atoms with Crippen molar-refractivity contribution in [1.29, 1.82) is 0 Å². The van der Waals surface area contributed by atoms with Gasteiger partial charge in [-0.1, -0.05) is 35.9 Å². The fraction of sp³-hybridized carbons (Fsp3) is 0.111. The Kier molecular flexibility index (Phi) is 3.57. The minimum atomic E-state index is -0.409. The van der Waals surface area contributed by atoms with Gasteiger partial charge < -0.3 is 0 Å². The predicted octanol–water partition coefficient (Wildman–Crippen LogP) is 3.73. The molecular weight excluding hydrogens is 198 g/mol. The van der Waals surface area contributed by atoms with Crippen LogP contribution in [0.2, 0.25) is 5.02 Å². The van der Waals surface area contributed by atoms with Crippen molar-refractivity contribution in [3.8, 4) is 0 Å². The Morgan fingerprint density at radius 1 is 1.42 bits per heavy atom. The average Bonchev–Trinajstić information content (AvgIpc) is 2.08. The Bertz CT molecular complexity index is 295. The molecule has 0 N–H and O–H groups in total. The van der Waals surface area contributed by atoms with Gasteiger partial charge in [-0.3, -0.25) is 0 Å². The molecule has 0 fully saturated rings. The summed E-state index contributed by atoms with van der Waals surface area (Å²) in [6.45, 7) is 0. The van der Waals surface area contributed by atoms with Crippen LogP contribution in [0.5, 0.6) is 0 Å². The van der Waals surface area contributed by atoms with Crippen LogP contribution < -0.4 is 0 Å². The van der Waals surface area contributed by atoms with Gasteiger partial charge in [0.2, 0.25) is 0 Å².